The standard InChI is InChI=1S/C16H26N2O4/c1-6-12-10-16(8-9-17,13(19)21-7-2)11-18(12)14(20)22-15(3,4)5/h12H,6-8,10-11H2,1-5H3/t12-,16+/m1/s1. The second-order valence-corrected chi connectivity index (χ2v) is 6.71. The van der Waals surface area contributed by atoms with E-state index in [2.05, 4.69) is 6.07 Å². The number of ether oxygens (including phenoxy) is 2. The highest BCUT2D eigenvalue weighted by molar-refractivity contribution is 5.80. The Morgan fingerprint density at radius 3 is 2.45 bits per heavy atom. The Morgan fingerprint density at radius 1 is 1.36 bits per heavy atom. The summed E-state index contributed by atoms with van der Waals surface area (Å²) in [6, 6.07) is 1.94. The van der Waals surface area contributed by atoms with Gasteiger partial charge in [-0.05, 0) is 40.5 Å². The van der Waals surface area contributed by atoms with Crippen molar-refractivity contribution >= 4 is 12.1 Å². The van der Waals surface area contributed by atoms with Crippen LogP contribution in [0.4, 0.5) is 4.79 Å². The van der Waals surface area contributed by atoms with Crippen LogP contribution in [0, 0.1) is 16.7 Å². The minimum Gasteiger partial charge on any atom is -0.465 e. The van der Waals surface area contributed by atoms with Gasteiger partial charge in [0.15, 0.2) is 0 Å². The first-order valence-corrected chi connectivity index (χ1v) is 7.73. The summed E-state index contributed by atoms with van der Waals surface area (Å²) >= 11 is 0. The van der Waals surface area contributed by atoms with E-state index in [9.17, 15) is 9.59 Å². The Kier molecular flexibility index (Phi) is 5.81. The monoisotopic (exact) mass is 310 g/mol. The normalized spacial score (nSPS) is 24.7. The van der Waals surface area contributed by atoms with Crippen molar-refractivity contribution in [3.63, 3.8) is 0 Å². The van der Waals surface area contributed by atoms with Gasteiger partial charge >= 0.3 is 12.1 Å². The average Bonchev–Trinajstić information content (AvgIpc) is 2.78. The van der Waals surface area contributed by atoms with Gasteiger partial charge in [-0.15, -0.1) is 0 Å². The highest BCUT2D eigenvalue weighted by Crippen LogP contribution is 2.40. The number of esters is 1. The van der Waals surface area contributed by atoms with E-state index >= 15 is 0 Å². The topological polar surface area (TPSA) is 79.6 Å². The Hall–Kier alpha value is -1.77. The molecule has 1 aliphatic heterocycles. The lowest BCUT2D eigenvalue weighted by atomic mass is 9.82. The predicted octanol–water partition coefficient (Wildman–Crippen LogP) is 2.87. The molecule has 0 saturated carbocycles. The predicted molar refractivity (Wildman–Crippen MR) is 80.9 cm³/mol. The molecule has 0 N–H and O–H groups in total. The lowest BCUT2D eigenvalue weighted by Gasteiger charge is -2.28. The van der Waals surface area contributed by atoms with Gasteiger partial charge in [0.25, 0.3) is 0 Å². The van der Waals surface area contributed by atoms with E-state index in [4.69, 9.17) is 14.7 Å². The van der Waals surface area contributed by atoms with Gasteiger partial charge in [-0.3, -0.25) is 4.79 Å². The first-order chi connectivity index (χ1) is 10.2. The zero-order valence-electron chi connectivity index (χ0n) is 14.1. The minimum absolute atomic E-state index is 0.0433. The van der Waals surface area contributed by atoms with E-state index in [1.165, 1.54) is 0 Å². The average molecular weight is 310 g/mol. The molecule has 1 rings (SSSR count). The molecule has 0 unspecified atom stereocenters. The van der Waals surface area contributed by atoms with Crippen LogP contribution in [-0.4, -0.2) is 41.8 Å². The van der Waals surface area contributed by atoms with E-state index in [0.717, 1.165) is 0 Å². The van der Waals surface area contributed by atoms with Crippen LogP contribution in [0.15, 0.2) is 0 Å². The van der Waals surface area contributed by atoms with Gasteiger partial charge < -0.3 is 14.4 Å². The molecule has 0 aromatic heterocycles. The van der Waals surface area contributed by atoms with E-state index in [1.54, 1.807) is 32.6 Å². The molecular weight excluding hydrogens is 284 g/mol. The molecule has 0 spiro atoms. The van der Waals surface area contributed by atoms with Crippen LogP contribution in [0.3, 0.4) is 0 Å². The van der Waals surface area contributed by atoms with Crippen LogP contribution in [0.25, 0.3) is 0 Å². The maximum Gasteiger partial charge on any atom is 0.410 e. The number of rotatable bonds is 4. The van der Waals surface area contributed by atoms with Crippen LogP contribution < -0.4 is 0 Å². The molecule has 0 aliphatic carbocycles. The molecule has 1 heterocycles. The Morgan fingerprint density at radius 2 is 2.00 bits per heavy atom. The molecule has 1 amide bonds. The number of nitriles is 1. The molecule has 0 bridgehead atoms. The zero-order valence-corrected chi connectivity index (χ0v) is 14.1. The summed E-state index contributed by atoms with van der Waals surface area (Å²) in [7, 11) is 0. The quantitative estimate of drug-likeness (QED) is 0.746. The molecule has 0 aromatic carbocycles. The van der Waals surface area contributed by atoms with Crippen molar-refractivity contribution in [1.29, 1.82) is 5.26 Å². The molecule has 1 saturated heterocycles. The molecule has 124 valence electrons. The molecule has 0 aromatic rings. The number of hydrogen-bond donors (Lipinski definition) is 0. The summed E-state index contributed by atoms with van der Waals surface area (Å²) in [5.41, 5.74) is -1.54. The molecule has 22 heavy (non-hydrogen) atoms. The van der Waals surface area contributed by atoms with E-state index in [0.29, 0.717) is 12.8 Å². The fourth-order valence-corrected chi connectivity index (χ4v) is 2.76. The number of carbonyl (C=O) groups excluding carboxylic acids is 2. The summed E-state index contributed by atoms with van der Waals surface area (Å²) in [6.07, 6.45) is 0.742. The lowest BCUT2D eigenvalue weighted by molar-refractivity contribution is -0.154. The number of carbonyl (C=O) groups is 2. The third kappa shape index (κ3) is 4.12. The van der Waals surface area contributed by atoms with E-state index in [1.807, 2.05) is 6.92 Å². The van der Waals surface area contributed by atoms with E-state index < -0.39 is 23.1 Å². The van der Waals surface area contributed by atoms with Crippen molar-refractivity contribution in [3.8, 4) is 6.07 Å². The second-order valence-electron chi connectivity index (χ2n) is 6.71. The van der Waals surface area contributed by atoms with Crippen molar-refractivity contribution < 1.29 is 19.1 Å². The summed E-state index contributed by atoms with van der Waals surface area (Å²) in [6.45, 7) is 9.52. The van der Waals surface area contributed by atoms with Gasteiger partial charge in [-0.1, -0.05) is 6.92 Å². The minimum atomic E-state index is -0.942. The lowest BCUT2D eigenvalue weighted by Crippen LogP contribution is -2.41. The van der Waals surface area contributed by atoms with Gasteiger partial charge in [0.2, 0.25) is 0 Å². The first-order valence-electron chi connectivity index (χ1n) is 7.73. The van der Waals surface area contributed by atoms with Crippen molar-refractivity contribution in [2.24, 2.45) is 5.41 Å². The van der Waals surface area contributed by atoms with Crippen molar-refractivity contribution in [2.45, 2.75) is 65.5 Å². The van der Waals surface area contributed by atoms with Crippen molar-refractivity contribution in [3.05, 3.63) is 0 Å². The maximum atomic E-state index is 12.4. The zero-order chi connectivity index (χ0) is 17.0. The summed E-state index contributed by atoms with van der Waals surface area (Å²) in [5.74, 6) is -0.402. The fourth-order valence-electron chi connectivity index (χ4n) is 2.76. The maximum absolute atomic E-state index is 12.4. The molecule has 1 fully saturated rings. The molecular formula is C16H26N2O4. The first kappa shape index (κ1) is 18.3. The molecule has 1 aliphatic rings. The van der Waals surface area contributed by atoms with Gasteiger partial charge in [0.1, 0.15) is 11.0 Å². The largest absolute Gasteiger partial charge is 0.465 e. The van der Waals surface area contributed by atoms with Gasteiger partial charge in [-0.2, -0.15) is 5.26 Å². The number of hydrogen-bond acceptors (Lipinski definition) is 5. The van der Waals surface area contributed by atoms with Crippen LogP contribution in [-0.2, 0) is 14.3 Å². The summed E-state index contributed by atoms with van der Waals surface area (Å²) in [5, 5.41) is 9.09. The van der Waals surface area contributed by atoms with Crippen LogP contribution >= 0.6 is 0 Å². The smallest absolute Gasteiger partial charge is 0.410 e. The van der Waals surface area contributed by atoms with Crippen LogP contribution in [0.5, 0.6) is 0 Å². The highest BCUT2D eigenvalue weighted by atomic mass is 16.6. The Bertz CT molecular complexity index is 464. The molecule has 6 heteroatoms. The Balaban J connectivity index is 3.00. The SMILES string of the molecule is CCOC(=O)[C@@]1(CC#N)C[C@@H](CC)N(C(=O)OC(C)(C)C)C1. The molecule has 6 nitrogen and oxygen atoms in total. The molecule has 2 atom stereocenters. The van der Waals surface area contributed by atoms with Gasteiger partial charge in [0.05, 0.1) is 19.1 Å². The number of amides is 1. The van der Waals surface area contributed by atoms with Gasteiger partial charge in [-0.25, -0.2) is 4.79 Å². The third-order valence-electron chi connectivity index (χ3n) is 3.77. The van der Waals surface area contributed by atoms with Crippen LogP contribution in [0.1, 0.15) is 53.9 Å². The number of nitrogens with zero attached hydrogens (tertiary/aromatic N) is 2. The van der Waals surface area contributed by atoms with Crippen molar-refractivity contribution in [1.82, 2.24) is 4.90 Å². The van der Waals surface area contributed by atoms with Crippen molar-refractivity contribution in [2.75, 3.05) is 13.2 Å². The van der Waals surface area contributed by atoms with Gasteiger partial charge in [0, 0.05) is 12.6 Å². The molecule has 0 radical (unpaired) electrons. The Labute approximate surface area is 132 Å². The highest BCUT2D eigenvalue weighted by Gasteiger charge is 2.52. The summed E-state index contributed by atoms with van der Waals surface area (Å²) in [4.78, 5) is 26.3. The summed E-state index contributed by atoms with van der Waals surface area (Å²) < 4.78 is 10.6. The third-order valence-corrected chi connectivity index (χ3v) is 3.77. The fraction of sp³-hybridized carbons (Fsp3) is 0.812. The second kappa shape index (κ2) is 6.99. The van der Waals surface area contributed by atoms with E-state index in [-0.39, 0.29) is 25.6 Å². The number of likely N-dealkylation sites (tertiary alicyclic amines) is 1. The van der Waals surface area contributed by atoms with Crippen LogP contribution in [0.2, 0.25) is 0 Å².